The van der Waals surface area contributed by atoms with Gasteiger partial charge in [0, 0.05) is 40.4 Å². The van der Waals surface area contributed by atoms with Crippen LogP contribution in [0.5, 0.6) is 0 Å². The van der Waals surface area contributed by atoms with Crippen molar-refractivity contribution in [2.75, 3.05) is 6.61 Å². The van der Waals surface area contributed by atoms with E-state index in [9.17, 15) is 14.4 Å². The number of hydrogen-bond donors (Lipinski definition) is 2. The molecule has 0 atom stereocenters. The molecule has 0 saturated carbocycles. The molecule has 357 valence electrons. The normalized spacial score (nSPS) is 11.3. The van der Waals surface area contributed by atoms with Gasteiger partial charge >= 0.3 is 25.2 Å². The van der Waals surface area contributed by atoms with Gasteiger partial charge in [-0.05, 0) is 97.2 Å². The van der Waals surface area contributed by atoms with Crippen LogP contribution in [0, 0.1) is 26.8 Å². The Morgan fingerprint density at radius 1 is 0.806 bits per heavy atom. The fourth-order valence-electron chi connectivity index (χ4n) is 7.85. The molecule has 0 aliphatic carbocycles. The second-order valence-corrected chi connectivity index (χ2v) is 18.1. The molecule has 2 aromatic heterocycles. The molecule has 8 nitrogen and oxygen atoms in total. The summed E-state index contributed by atoms with van der Waals surface area (Å²) in [6, 6.07) is 34.3. The van der Waals surface area contributed by atoms with Gasteiger partial charge in [-0.2, -0.15) is 0 Å². The number of carbonyl (C=O) groups is 2. The number of aryl methyl sites for hydroxylation is 4. The Kier molecular flexibility index (Phi) is 22.5. The Hall–Kier alpha value is -4.76. The van der Waals surface area contributed by atoms with Crippen LogP contribution in [0.3, 0.4) is 0 Å². The molecule has 0 radical (unpaired) electrons. The SMILES string of the molecule is CC(C)c1cccc(C(C)C)c1N=CC(=O)c1c(Cl)[nH]c(=O)c(C(C)(C)C)c1-c1[c-]cccc1.Cc1cc(C)c(N=CC(=O)c2ccc(-c3ccccc3)nc2CCCCO)c(C)c1.[Cl][Cu+].[Fe]. The Morgan fingerprint density at radius 3 is 1.94 bits per heavy atom. The van der Waals surface area contributed by atoms with Gasteiger partial charge in [-0.1, -0.05) is 132 Å². The van der Waals surface area contributed by atoms with Crippen LogP contribution < -0.4 is 5.56 Å². The molecule has 0 aliphatic heterocycles. The largest absolute Gasteiger partial charge is 0 e. The number of nitrogens with zero attached hydrogens (tertiary/aromatic N) is 3. The van der Waals surface area contributed by atoms with E-state index in [-0.39, 0.29) is 63.4 Å². The monoisotopic (exact) mass is 1030 g/mol. The first-order valence-electron chi connectivity index (χ1n) is 22.0. The summed E-state index contributed by atoms with van der Waals surface area (Å²) in [7, 11) is 4.20. The number of carbonyl (C=O) groups excluding carboxylic acids is 2. The summed E-state index contributed by atoms with van der Waals surface area (Å²) in [5, 5.41) is 9.13. The Balaban J connectivity index is 0.000000340. The van der Waals surface area contributed by atoms with E-state index in [0.717, 1.165) is 57.0 Å². The van der Waals surface area contributed by atoms with Crippen molar-refractivity contribution in [2.45, 2.75) is 106 Å². The van der Waals surface area contributed by atoms with Crippen molar-refractivity contribution in [2.24, 2.45) is 9.98 Å². The van der Waals surface area contributed by atoms with Crippen LogP contribution >= 0.6 is 21.7 Å². The molecule has 0 spiro atoms. The summed E-state index contributed by atoms with van der Waals surface area (Å²) < 4.78 is 0. The number of hydrogen-bond acceptors (Lipinski definition) is 7. The molecule has 0 unspecified atom stereocenters. The third kappa shape index (κ3) is 15.1. The van der Waals surface area contributed by atoms with Gasteiger partial charge in [-0.3, -0.25) is 29.4 Å². The van der Waals surface area contributed by atoms with Gasteiger partial charge in [0.2, 0.25) is 11.3 Å². The van der Waals surface area contributed by atoms with Crippen molar-refractivity contribution in [1.82, 2.24) is 9.97 Å². The van der Waals surface area contributed by atoms with Crippen LogP contribution in [-0.4, -0.2) is 45.7 Å². The van der Waals surface area contributed by atoms with Gasteiger partial charge in [0.1, 0.15) is 5.15 Å². The molecule has 4 aromatic carbocycles. The van der Waals surface area contributed by atoms with Crippen molar-refractivity contribution >= 4 is 57.1 Å². The van der Waals surface area contributed by atoms with E-state index >= 15 is 0 Å². The van der Waals surface area contributed by atoms with Crippen LogP contribution in [0.1, 0.15) is 133 Å². The number of benzene rings is 4. The first kappa shape index (κ1) is 56.6. The second-order valence-electron chi connectivity index (χ2n) is 17.7. The molecular formula is C55H60Cl2CuFeN4O4. The fourth-order valence-corrected chi connectivity index (χ4v) is 8.12. The van der Waals surface area contributed by atoms with Crippen LogP contribution in [0.15, 0.2) is 112 Å². The molecule has 0 fully saturated rings. The number of para-hydroxylation sites is 1. The third-order valence-corrected chi connectivity index (χ3v) is 11.2. The minimum atomic E-state index is -0.529. The van der Waals surface area contributed by atoms with Crippen LogP contribution in [0.25, 0.3) is 22.4 Å². The summed E-state index contributed by atoms with van der Waals surface area (Å²) in [6.45, 7) is 20.5. The van der Waals surface area contributed by atoms with Gasteiger partial charge < -0.3 is 10.1 Å². The number of pyridine rings is 2. The van der Waals surface area contributed by atoms with Gasteiger partial charge in [0.05, 0.1) is 35.2 Å². The average molecular weight is 1030 g/mol. The molecule has 2 N–H and O–H groups in total. The van der Waals surface area contributed by atoms with Crippen molar-refractivity contribution in [3.8, 4) is 22.4 Å². The van der Waals surface area contributed by atoms with Crippen molar-refractivity contribution in [3.05, 3.63) is 169 Å². The topological polar surface area (TPSA) is 125 Å². The number of Topliss-reactive ketones (excluding diaryl/α,β-unsaturated/α-hetero) is 2. The molecule has 0 bridgehead atoms. The van der Waals surface area contributed by atoms with E-state index in [1.165, 1.54) is 18.0 Å². The smallest absolute Gasteiger partial charge is 0 e. The number of ketones is 2. The molecule has 6 rings (SSSR count). The number of H-pyrrole nitrogens is 1. The Bertz CT molecular complexity index is 2680. The van der Waals surface area contributed by atoms with Gasteiger partial charge in [-0.15, -0.1) is 35.9 Å². The summed E-state index contributed by atoms with van der Waals surface area (Å²) in [5.41, 5.74) is 11.3. The predicted octanol–water partition coefficient (Wildman–Crippen LogP) is 13.9. The van der Waals surface area contributed by atoms with E-state index in [4.69, 9.17) is 21.7 Å². The van der Waals surface area contributed by atoms with Crippen molar-refractivity contribution in [1.29, 1.82) is 0 Å². The maximum atomic E-state index is 13.6. The first-order chi connectivity index (χ1) is 31.4. The minimum Gasteiger partial charge on any atom is 0 e. The molecule has 0 saturated heterocycles. The van der Waals surface area contributed by atoms with Gasteiger partial charge in [0.25, 0.3) is 0 Å². The van der Waals surface area contributed by atoms with Crippen molar-refractivity contribution < 1.29 is 46.9 Å². The standard InChI is InChI=1S/C29H32ClN2O2.C26H28N2O2.ClH.Cu.Fe/c1-17(2)20-14-11-15-21(18(3)4)26(20)31-16-22(33)24-23(19-12-9-8-10-13-19)25(29(5,6)7)28(34)32-27(24)30;1-18-15-19(2)26(20(3)16-18)27-17-25(30)22-12-13-23(21-9-5-4-6-10-21)28-24(22)11-7-8-14-29;;;/h8-12,14-18H,1-7H3,(H,32,34);4-6,9-10,12-13,15-17,29H,7-8,11,14H2,1-3H3;1H;;/q-1;;;+2;/p-1. The Morgan fingerprint density at radius 2 is 1.39 bits per heavy atom. The zero-order chi connectivity index (χ0) is 48.7. The van der Waals surface area contributed by atoms with E-state index in [0.29, 0.717) is 35.1 Å². The van der Waals surface area contributed by atoms with Crippen LogP contribution in [-0.2, 0) is 44.0 Å². The number of aliphatic hydroxyl groups excluding tert-OH is 1. The minimum absolute atomic E-state index is 0. The van der Waals surface area contributed by atoms with E-state index in [2.05, 4.69) is 93.0 Å². The Labute approximate surface area is 424 Å². The number of rotatable bonds is 14. The van der Waals surface area contributed by atoms with E-state index in [1.807, 2.05) is 113 Å². The molecule has 0 aliphatic rings. The van der Waals surface area contributed by atoms with Crippen LogP contribution in [0.2, 0.25) is 5.15 Å². The number of aliphatic imine (C=N–C) groups is 2. The zero-order valence-electron chi connectivity index (χ0n) is 39.8. The summed E-state index contributed by atoms with van der Waals surface area (Å²) in [6.07, 6.45) is 4.82. The number of unbranched alkanes of at least 4 members (excludes halogenated alkanes) is 1. The second kappa shape index (κ2) is 26.7. The number of aromatic amines is 1. The van der Waals surface area contributed by atoms with Gasteiger partial charge in [0.15, 0.2) is 5.78 Å². The molecule has 67 heavy (non-hydrogen) atoms. The summed E-state index contributed by atoms with van der Waals surface area (Å²) >= 11 is 10.2. The predicted molar refractivity (Wildman–Crippen MR) is 271 cm³/mol. The quantitative estimate of drug-likeness (QED) is 0.0281. The number of aromatic nitrogens is 2. The van der Waals surface area contributed by atoms with E-state index < -0.39 is 5.41 Å². The van der Waals surface area contributed by atoms with E-state index in [1.54, 1.807) is 6.07 Å². The van der Waals surface area contributed by atoms with Gasteiger partial charge in [-0.25, -0.2) is 0 Å². The zero-order valence-corrected chi connectivity index (χ0v) is 43.4. The number of aliphatic hydroxyl groups is 1. The van der Waals surface area contributed by atoms with Crippen molar-refractivity contribution in [3.63, 3.8) is 0 Å². The molecule has 6 aromatic rings. The summed E-state index contributed by atoms with van der Waals surface area (Å²) in [5.74, 6) is -0.0214. The maximum absolute atomic E-state index is 13.6. The number of halogens is 2. The van der Waals surface area contributed by atoms with Crippen LogP contribution in [0.4, 0.5) is 11.4 Å². The average Bonchev–Trinajstić information content (AvgIpc) is 3.28. The molecule has 12 heteroatoms. The number of nitrogens with one attached hydrogen (secondary N) is 1. The molecular weight excluding hydrogens is 971 g/mol. The maximum Gasteiger partial charge on any atom is 0 e. The first-order valence-corrected chi connectivity index (χ1v) is 23.7. The summed E-state index contributed by atoms with van der Waals surface area (Å²) in [4.78, 5) is 56.2. The molecule has 2 heterocycles. The molecule has 0 amide bonds. The fraction of sp³-hybridized carbons (Fsp3) is 0.309. The third-order valence-electron chi connectivity index (χ3n) is 10.9.